The number of hydrogen-bond donors (Lipinski definition) is 1. The number of carbonyl (C=O) groups is 1. The third-order valence-corrected chi connectivity index (χ3v) is 3.51. The summed E-state index contributed by atoms with van der Waals surface area (Å²) in [6.07, 6.45) is 0. The highest BCUT2D eigenvalue weighted by Gasteiger charge is 2.13. The number of nitrogens with zero attached hydrogens (tertiary/aromatic N) is 1. The second-order valence-corrected chi connectivity index (χ2v) is 4.57. The van der Waals surface area contributed by atoms with E-state index in [1.165, 1.54) is 0 Å². The highest BCUT2D eigenvalue weighted by atomic mass is 32.1. The predicted octanol–water partition coefficient (Wildman–Crippen LogP) is 3.07. The van der Waals surface area contributed by atoms with E-state index in [2.05, 4.69) is 5.32 Å². The zero-order chi connectivity index (χ0) is 12.3. The van der Waals surface area contributed by atoms with Crippen LogP contribution in [0.3, 0.4) is 0 Å². The smallest absolute Gasteiger partial charge is 0.258 e. The molecule has 0 bridgehead atoms. The molecule has 1 aromatic carbocycles. The van der Waals surface area contributed by atoms with Crippen molar-refractivity contribution < 1.29 is 4.79 Å². The van der Waals surface area contributed by atoms with E-state index in [0.717, 1.165) is 10.7 Å². The maximum Gasteiger partial charge on any atom is 0.258 e. The number of nitrogens with one attached hydrogen (secondary N) is 1. The van der Waals surface area contributed by atoms with Gasteiger partial charge in [-0.15, -0.1) is 11.3 Å². The van der Waals surface area contributed by atoms with Crippen LogP contribution in [0, 0.1) is 0 Å². The van der Waals surface area contributed by atoms with Gasteiger partial charge in [0.1, 0.15) is 0 Å². The molecule has 0 radical (unpaired) electrons. The van der Waals surface area contributed by atoms with E-state index in [0.29, 0.717) is 5.56 Å². The van der Waals surface area contributed by atoms with Crippen molar-refractivity contribution in [1.82, 2.24) is 0 Å². The summed E-state index contributed by atoms with van der Waals surface area (Å²) >= 11 is 1.55. The monoisotopic (exact) mass is 246 g/mol. The quantitative estimate of drug-likeness (QED) is 0.902. The summed E-state index contributed by atoms with van der Waals surface area (Å²) in [5.74, 6) is 0.00935. The first-order valence-corrected chi connectivity index (χ1v) is 6.19. The number of thiophene rings is 1. The van der Waals surface area contributed by atoms with Gasteiger partial charge in [-0.25, -0.2) is 0 Å². The van der Waals surface area contributed by atoms with Crippen LogP contribution < -0.4 is 10.2 Å². The standard InChI is InChI=1S/C13H14N2OS/c1-14-11-7-5-10(6-8-11)13(16)15(2)12-4-3-9-17-12/h3-9,14H,1-2H3. The number of anilines is 2. The van der Waals surface area contributed by atoms with Crippen LogP contribution in [0.1, 0.15) is 10.4 Å². The fraction of sp³-hybridized carbons (Fsp3) is 0.154. The van der Waals surface area contributed by atoms with Crippen molar-refractivity contribution in [3.05, 3.63) is 47.3 Å². The van der Waals surface area contributed by atoms with Crippen LogP contribution in [-0.4, -0.2) is 20.0 Å². The Morgan fingerprint density at radius 1 is 1.24 bits per heavy atom. The zero-order valence-corrected chi connectivity index (χ0v) is 10.6. The van der Waals surface area contributed by atoms with Gasteiger partial charge in [-0.1, -0.05) is 0 Å². The highest BCUT2D eigenvalue weighted by Crippen LogP contribution is 2.21. The molecule has 0 aliphatic rings. The van der Waals surface area contributed by atoms with Gasteiger partial charge in [-0.2, -0.15) is 0 Å². The second kappa shape index (κ2) is 5.01. The Bertz CT molecular complexity index is 491. The fourth-order valence-electron chi connectivity index (χ4n) is 1.53. The summed E-state index contributed by atoms with van der Waals surface area (Å²) in [6, 6.07) is 11.3. The van der Waals surface area contributed by atoms with Gasteiger partial charge in [0.2, 0.25) is 0 Å². The van der Waals surface area contributed by atoms with Gasteiger partial charge in [-0.3, -0.25) is 4.79 Å². The lowest BCUT2D eigenvalue weighted by molar-refractivity contribution is 0.0993. The average Bonchev–Trinajstić information content (AvgIpc) is 2.91. The second-order valence-electron chi connectivity index (χ2n) is 3.64. The van der Waals surface area contributed by atoms with Crippen molar-refractivity contribution in [2.45, 2.75) is 0 Å². The van der Waals surface area contributed by atoms with E-state index >= 15 is 0 Å². The molecule has 17 heavy (non-hydrogen) atoms. The summed E-state index contributed by atoms with van der Waals surface area (Å²) in [5.41, 5.74) is 1.69. The van der Waals surface area contributed by atoms with Crippen molar-refractivity contribution in [3.63, 3.8) is 0 Å². The summed E-state index contributed by atoms with van der Waals surface area (Å²) in [5, 5.41) is 5.94. The molecule has 88 valence electrons. The van der Waals surface area contributed by atoms with Crippen molar-refractivity contribution in [2.75, 3.05) is 24.3 Å². The van der Waals surface area contributed by atoms with Crippen LogP contribution in [0.5, 0.6) is 0 Å². The van der Waals surface area contributed by atoms with Crippen molar-refractivity contribution in [2.24, 2.45) is 0 Å². The van der Waals surface area contributed by atoms with Crippen molar-refractivity contribution >= 4 is 27.9 Å². The molecule has 2 rings (SSSR count). The molecule has 1 amide bonds. The number of carbonyl (C=O) groups excluding carboxylic acids is 1. The topological polar surface area (TPSA) is 32.3 Å². The molecule has 1 aromatic heterocycles. The minimum Gasteiger partial charge on any atom is -0.388 e. The van der Waals surface area contributed by atoms with E-state index < -0.39 is 0 Å². The molecule has 1 N–H and O–H groups in total. The molecule has 0 saturated carbocycles. The van der Waals surface area contributed by atoms with Crippen LogP contribution in [0.2, 0.25) is 0 Å². The Labute approximate surface area is 105 Å². The molecule has 0 spiro atoms. The van der Waals surface area contributed by atoms with Gasteiger partial charge in [0.05, 0.1) is 5.00 Å². The molecular formula is C13H14N2OS. The third kappa shape index (κ3) is 2.47. The van der Waals surface area contributed by atoms with Crippen LogP contribution >= 0.6 is 11.3 Å². The summed E-state index contributed by atoms with van der Waals surface area (Å²) in [6.45, 7) is 0. The Kier molecular flexibility index (Phi) is 3.44. The summed E-state index contributed by atoms with van der Waals surface area (Å²) < 4.78 is 0. The van der Waals surface area contributed by atoms with Gasteiger partial charge in [-0.05, 0) is 41.8 Å². The van der Waals surface area contributed by atoms with Gasteiger partial charge in [0.15, 0.2) is 0 Å². The molecular weight excluding hydrogens is 232 g/mol. The number of amides is 1. The molecule has 3 nitrogen and oxygen atoms in total. The van der Waals surface area contributed by atoms with Crippen molar-refractivity contribution in [3.8, 4) is 0 Å². The molecule has 2 aromatic rings. The third-order valence-electron chi connectivity index (χ3n) is 2.56. The molecule has 0 fully saturated rings. The maximum absolute atomic E-state index is 12.2. The molecule has 0 saturated heterocycles. The maximum atomic E-state index is 12.2. The molecule has 0 aliphatic heterocycles. The Balaban J connectivity index is 2.19. The lowest BCUT2D eigenvalue weighted by atomic mass is 10.2. The summed E-state index contributed by atoms with van der Waals surface area (Å²) in [7, 11) is 3.65. The highest BCUT2D eigenvalue weighted by molar-refractivity contribution is 7.14. The average molecular weight is 246 g/mol. The number of benzene rings is 1. The first kappa shape index (κ1) is 11.7. The Morgan fingerprint density at radius 2 is 1.94 bits per heavy atom. The van der Waals surface area contributed by atoms with Gasteiger partial charge in [0.25, 0.3) is 5.91 Å². The van der Waals surface area contributed by atoms with Crippen LogP contribution in [-0.2, 0) is 0 Å². The zero-order valence-electron chi connectivity index (χ0n) is 9.81. The largest absolute Gasteiger partial charge is 0.388 e. The van der Waals surface area contributed by atoms with Crippen LogP contribution in [0.25, 0.3) is 0 Å². The first-order chi connectivity index (χ1) is 8.22. The van der Waals surface area contributed by atoms with E-state index in [1.54, 1.807) is 23.3 Å². The SMILES string of the molecule is CNc1ccc(C(=O)N(C)c2cccs2)cc1. The predicted molar refractivity (Wildman–Crippen MR) is 73.0 cm³/mol. The van der Waals surface area contributed by atoms with Crippen LogP contribution in [0.4, 0.5) is 10.7 Å². The van der Waals surface area contributed by atoms with E-state index in [9.17, 15) is 4.79 Å². The molecule has 1 heterocycles. The van der Waals surface area contributed by atoms with Gasteiger partial charge in [0, 0.05) is 25.3 Å². The summed E-state index contributed by atoms with van der Waals surface area (Å²) in [4.78, 5) is 13.8. The number of rotatable bonds is 3. The van der Waals surface area contributed by atoms with Crippen LogP contribution in [0.15, 0.2) is 41.8 Å². The Hall–Kier alpha value is -1.81. The molecule has 4 heteroatoms. The first-order valence-electron chi connectivity index (χ1n) is 5.32. The van der Waals surface area contributed by atoms with E-state index in [-0.39, 0.29) is 5.91 Å². The lowest BCUT2D eigenvalue weighted by Crippen LogP contribution is -2.25. The fourth-order valence-corrected chi connectivity index (χ4v) is 2.23. The number of hydrogen-bond acceptors (Lipinski definition) is 3. The van der Waals surface area contributed by atoms with Gasteiger partial charge < -0.3 is 10.2 Å². The van der Waals surface area contributed by atoms with E-state index in [4.69, 9.17) is 0 Å². The normalized spacial score (nSPS) is 10.0. The van der Waals surface area contributed by atoms with Crippen molar-refractivity contribution in [1.29, 1.82) is 0 Å². The minimum atomic E-state index is 0.00935. The molecule has 0 atom stereocenters. The van der Waals surface area contributed by atoms with Gasteiger partial charge >= 0.3 is 0 Å². The molecule has 0 unspecified atom stereocenters. The molecule has 0 aliphatic carbocycles. The minimum absolute atomic E-state index is 0.00935. The Morgan fingerprint density at radius 3 is 2.47 bits per heavy atom. The van der Waals surface area contributed by atoms with E-state index in [1.807, 2.05) is 48.8 Å². The lowest BCUT2D eigenvalue weighted by Gasteiger charge is -2.15.